The van der Waals surface area contributed by atoms with Gasteiger partial charge in [-0.15, -0.1) is 0 Å². The summed E-state index contributed by atoms with van der Waals surface area (Å²) in [6, 6.07) is 14.1. The number of benzene rings is 2. The van der Waals surface area contributed by atoms with Crippen LogP contribution in [0.1, 0.15) is 40.9 Å². The van der Waals surface area contributed by atoms with Crippen LogP contribution >= 0.6 is 0 Å². The van der Waals surface area contributed by atoms with Gasteiger partial charge in [0.2, 0.25) is 5.78 Å². The molecule has 0 aliphatic rings. The molecule has 1 unspecified atom stereocenters. The van der Waals surface area contributed by atoms with Crippen molar-refractivity contribution in [3.05, 3.63) is 65.4 Å². The van der Waals surface area contributed by atoms with Crippen molar-refractivity contribution in [2.45, 2.75) is 19.3 Å². The van der Waals surface area contributed by atoms with Crippen molar-refractivity contribution < 1.29 is 23.5 Å². The second-order valence-corrected chi connectivity index (χ2v) is 5.89. The van der Waals surface area contributed by atoms with E-state index in [0.29, 0.717) is 34.3 Å². The second-order valence-electron chi connectivity index (χ2n) is 5.89. The van der Waals surface area contributed by atoms with E-state index in [0.717, 1.165) is 0 Å². The summed E-state index contributed by atoms with van der Waals surface area (Å²) in [6.07, 6.45) is 0.480. The van der Waals surface area contributed by atoms with Gasteiger partial charge in [-0.05, 0) is 24.6 Å². The number of methoxy groups -OCH3 is 2. The molecule has 134 valence electrons. The first-order valence-corrected chi connectivity index (χ1v) is 8.38. The Bertz CT molecular complexity index is 940. The number of ketones is 1. The van der Waals surface area contributed by atoms with Gasteiger partial charge >= 0.3 is 5.97 Å². The summed E-state index contributed by atoms with van der Waals surface area (Å²) >= 11 is 0. The summed E-state index contributed by atoms with van der Waals surface area (Å²) in [5.41, 5.74) is 1.57. The molecule has 3 aromatic rings. The minimum Gasteiger partial charge on any atom is -0.497 e. The average Bonchev–Trinajstić information content (AvgIpc) is 3.06. The van der Waals surface area contributed by atoms with Crippen molar-refractivity contribution in [2.75, 3.05) is 14.2 Å². The molecule has 0 fully saturated rings. The third kappa shape index (κ3) is 3.08. The molecular weight excluding hydrogens is 332 g/mol. The second kappa shape index (κ2) is 7.44. The van der Waals surface area contributed by atoms with Crippen molar-refractivity contribution >= 4 is 22.7 Å². The van der Waals surface area contributed by atoms with E-state index in [-0.39, 0.29) is 11.5 Å². The van der Waals surface area contributed by atoms with E-state index in [2.05, 4.69) is 0 Å². The predicted molar refractivity (Wildman–Crippen MR) is 97.7 cm³/mol. The Kier molecular flexibility index (Phi) is 5.07. The molecule has 3 rings (SSSR count). The monoisotopic (exact) mass is 352 g/mol. The van der Waals surface area contributed by atoms with Crippen LogP contribution in [0, 0.1) is 0 Å². The van der Waals surface area contributed by atoms with Crippen molar-refractivity contribution in [1.82, 2.24) is 0 Å². The fraction of sp³-hybridized carbons (Fsp3) is 0.238. The minimum absolute atomic E-state index is 0.164. The van der Waals surface area contributed by atoms with Crippen molar-refractivity contribution in [2.24, 2.45) is 0 Å². The Labute approximate surface area is 151 Å². The van der Waals surface area contributed by atoms with Gasteiger partial charge in [-0.25, -0.2) is 0 Å². The lowest BCUT2D eigenvalue weighted by Gasteiger charge is -2.13. The van der Waals surface area contributed by atoms with Gasteiger partial charge in [0, 0.05) is 16.5 Å². The van der Waals surface area contributed by atoms with Gasteiger partial charge in [0.25, 0.3) is 0 Å². The first-order valence-electron chi connectivity index (χ1n) is 8.38. The Balaban J connectivity index is 2.26. The Morgan fingerprint density at radius 3 is 2.42 bits per heavy atom. The molecule has 1 atom stereocenters. The molecule has 1 heterocycles. The van der Waals surface area contributed by atoms with E-state index in [1.807, 2.05) is 13.0 Å². The van der Waals surface area contributed by atoms with Crippen LogP contribution in [0.25, 0.3) is 11.0 Å². The lowest BCUT2D eigenvalue weighted by Crippen LogP contribution is -2.16. The van der Waals surface area contributed by atoms with Crippen LogP contribution in [0.4, 0.5) is 0 Å². The zero-order valence-electron chi connectivity index (χ0n) is 14.9. The summed E-state index contributed by atoms with van der Waals surface area (Å²) in [5, 5.41) is 0.681. The third-order valence-corrected chi connectivity index (χ3v) is 4.42. The van der Waals surface area contributed by atoms with Crippen molar-refractivity contribution in [1.29, 1.82) is 0 Å². The van der Waals surface area contributed by atoms with Gasteiger partial charge in [-0.2, -0.15) is 0 Å². The molecule has 0 saturated carbocycles. The minimum atomic E-state index is -0.601. The lowest BCUT2D eigenvalue weighted by molar-refractivity contribution is -0.142. The number of hydrogen-bond acceptors (Lipinski definition) is 5. The SMILES string of the molecule is CCC(C(=O)OC)c1c(C(=O)c2ccccc2)oc2ccc(OC)cc12. The number of fused-ring (bicyclic) bond motifs is 1. The highest BCUT2D eigenvalue weighted by Gasteiger charge is 2.31. The highest BCUT2D eigenvalue weighted by molar-refractivity contribution is 6.11. The standard InChI is InChI=1S/C21H20O5/c1-4-15(21(23)25-3)18-16-12-14(24-2)10-11-17(16)26-20(18)19(22)13-8-6-5-7-9-13/h5-12,15H,4H2,1-3H3. The number of furan rings is 1. The van der Waals surface area contributed by atoms with Gasteiger partial charge in [0.05, 0.1) is 20.1 Å². The number of carbonyl (C=O) groups is 2. The van der Waals surface area contributed by atoms with E-state index in [1.54, 1.807) is 49.6 Å². The van der Waals surface area contributed by atoms with E-state index in [4.69, 9.17) is 13.9 Å². The summed E-state index contributed by atoms with van der Waals surface area (Å²) < 4.78 is 16.1. The number of carbonyl (C=O) groups excluding carboxylic acids is 2. The molecule has 0 N–H and O–H groups in total. The van der Waals surface area contributed by atoms with Gasteiger partial charge < -0.3 is 13.9 Å². The molecule has 0 amide bonds. The molecule has 0 bridgehead atoms. The van der Waals surface area contributed by atoms with Crippen LogP contribution < -0.4 is 4.74 Å². The van der Waals surface area contributed by atoms with Gasteiger partial charge in [0.15, 0.2) is 5.76 Å². The normalized spacial score (nSPS) is 12.0. The van der Waals surface area contributed by atoms with Crippen LogP contribution in [0.3, 0.4) is 0 Å². The zero-order valence-corrected chi connectivity index (χ0v) is 14.9. The Morgan fingerprint density at radius 2 is 1.81 bits per heavy atom. The number of hydrogen-bond donors (Lipinski definition) is 0. The molecule has 0 radical (unpaired) electrons. The van der Waals surface area contributed by atoms with Crippen LogP contribution in [0.15, 0.2) is 52.9 Å². The lowest BCUT2D eigenvalue weighted by atomic mass is 9.91. The average molecular weight is 352 g/mol. The molecule has 26 heavy (non-hydrogen) atoms. The molecule has 0 aliphatic heterocycles. The fourth-order valence-electron chi connectivity index (χ4n) is 3.09. The molecule has 5 nitrogen and oxygen atoms in total. The molecular formula is C21H20O5. The topological polar surface area (TPSA) is 65.7 Å². The van der Waals surface area contributed by atoms with Gasteiger partial charge in [-0.3, -0.25) is 9.59 Å². The molecule has 0 saturated heterocycles. The van der Waals surface area contributed by atoms with Crippen LogP contribution in [-0.2, 0) is 9.53 Å². The fourth-order valence-corrected chi connectivity index (χ4v) is 3.09. The maximum Gasteiger partial charge on any atom is 0.313 e. The van der Waals surface area contributed by atoms with E-state index in [1.165, 1.54) is 7.11 Å². The molecule has 5 heteroatoms. The smallest absolute Gasteiger partial charge is 0.313 e. The molecule has 0 spiro atoms. The molecule has 0 aliphatic carbocycles. The quantitative estimate of drug-likeness (QED) is 0.488. The van der Waals surface area contributed by atoms with E-state index in [9.17, 15) is 9.59 Å². The van der Waals surface area contributed by atoms with E-state index >= 15 is 0 Å². The number of ether oxygens (including phenoxy) is 2. The molecule has 2 aromatic carbocycles. The first kappa shape index (κ1) is 17.7. The first-order chi connectivity index (χ1) is 12.6. The largest absolute Gasteiger partial charge is 0.497 e. The number of rotatable bonds is 6. The predicted octanol–water partition coefficient (Wildman–Crippen LogP) is 4.34. The van der Waals surface area contributed by atoms with Crippen LogP contribution in [0.5, 0.6) is 5.75 Å². The summed E-state index contributed by atoms with van der Waals surface area (Å²) in [5.74, 6) is -0.482. The molecule has 1 aromatic heterocycles. The Hall–Kier alpha value is -3.08. The zero-order chi connectivity index (χ0) is 18.7. The summed E-state index contributed by atoms with van der Waals surface area (Å²) in [7, 11) is 2.90. The van der Waals surface area contributed by atoms with Crippen molar-refractivity contribution in [3.63, 3.8) is 0 Å². The van der Waals surface area contributed by atoms with E-state index < -0.39 is 11.9 Å². The third-order valence-electron chi connectivity index (χ3n) is 4.42. The highest BCUT2D eigenvalue weighted by Crippen LogP contribution is 2.37. The maximum atomic E-state index is 13.0. The van der Waals surface area contributed by atoms with Gasteiger partial charge in [-0.1, -0.05) is 37.3 Å². The van der Waals surface area contributed by atoms with Crippen LogP contribution in [0.2, 0.25) is 0 Å². The Morgan fingerprint density at radius 1 is 1.08 bits per heavy atom. The van der Waals surface area contributed by atoms with Crippen LogP contribution in [-0.4, -0.2) is 26.0 Å². The maximum absolute atomic E-state index is 13.0. The van der Waals surface area contributed by atoms with Gasteiger partial charge in [0.1, 0.15) is 11.3 Å². The summed E-state index contributed by atoms with van der Waals surface area (Å²) in [6.45, 7) is 1.87. The van der Waals surface area contributed by atoms with Crippen molar-refractivity contribution in [3.8, 4) is 5.75 Å². The summed E-state index contributed by atoms with van der Waals surface area (Å²) in [4.78, 5) is 25.4. The highest BCUT2D eigenvalue weighted by atomic mass is 16.5. The number of esters is 1.